The highest BCUT2D eigenvalue weighted by Gasteiger charge is 2.32. The van der Waals surface area contributed by atoms with E-state index < -0.39 is 0 Å². The van der Waals surface area contributed by atoms with Crippen molar-refractivity contribution in [3.05, 3.63) is 88.2 Å². The zero-order valence-electron chi connectivity index (χ0n) is 22.8. The average Bonchev–Trinajstić information content (AvgIpc) is 3.31. The van der Waals surface area contributed by atoms with E-state index in [0.717, 1.165) is 85.7 Å². The lowest BCUT2D eigenvalue weighted by molar-refractivity contribution is -0.137. The van der Waals surface area contributed by atoms with Gasteiger partial charge in [-0.05, 0) is 80.8 Å². The molecule has 2 fully saturated rings. The molecule has 2 aliphatic heterocycles. The molecule has 0 bridgehead atoms. The monoisotopic (exact) mass is 585 g/mol. The van der Waals surface area contributed by atoms with Crippen LogP contribution in [0.2, 0.25) is 0 Å². The number of hydrogen-bond acceptors (Lipinski definition) is 4. The SMILES string of the molecule is Cc1cccc(C)c1N1CCN(C(=O)[C@@H]2CCCN(Cc3nc4ccccc4n3-c3ccc(Br)cc3)C2)CC1. The zero-order valence-corrected chi connectivity index (χ0v) is 24.4. The van der Waals surface area contributed by atoms with Gasteiger partial charge in [0.2, 0.25) is 5.91 Å². The van der Waals surface area contributed by atoms with E-state index in [-0.39, 0.29) is 5.92 Å². The highest BCUT2D eigenvalue weighted by molar-refractivity contribution is 9.10. The number of fused-ring (bicyclic) bond motifs is 1. The first kappa shape index (κ1) is 26.1. The molecule has 2 saturated heterocycles. The van der Waals surface area contributed by atoms with Crippen molar-refractivity contribution in [2.75, 3.05) is 44.2 Å². The minimum atomic E-state index is 0.0519. The maximum absolute atomic E-state index is 13.6. The number of para-hydroxylation sites is 3. The van der Waals surface area contributed by atoms with Crippen LogP contribution in [0.5, 0.6) is 0 Å². The number of amides is 1. The highest BCUT2D eigenvalue weighted by atomic mass is 79.9. The van der Waals surface area contributed by atoms with Gasteiger partial charge in [-0.25, -0.2) is 4.98 Å². The van der Waals surface area contributed by atoms with Crippen LogP contribution in [0.3, 0.4) is 0 Å². The van der Waals surface area contributed by atoms with Crippen LogP contribution in [-0.2, 0) is 11.3 Å². The van der Waals surface area contributed by atoms with Crippen molar-refractivity contribution in [2.45, 2.75) is 33.2 Å². The quantitative estimate of drug-likeness (QED) is 0.289. The van der Waals surface area contributed by atoms with E-state index in [1.54, 1.807) is 0 Å². The molecule has 3 aromatic carbocycles. The number of piperazine rings is 1. The minimum Gasteiger partial charge on any atom is -0.368 e. The van der Waals surface area contributed by atoms with Crippen LogP contribution in [0, 0.1) is 19.8 Å². The average molecular weight is 587 g/mol. The van der Waals surface area contributed by atoms with Crippen molar-refractivity contribution in [2.24, 2.45) is 5.92 Å². The summed E-state index contributed by atoms with van der Waals surface area (Å²) in [5.74, 6) is 1.40. The van der Waals surface area contributed by atoms with Crippen molar-refractivity contribution in [1.29, 1.82) is 0 Å². The lowest BCUT2D eigenvalue weighted by Gasteiger charge is -2.40. The van der Waals surface area contributed by atoms with Crippen LogP contribution in [0.25, 0.3) is 16.7 Å². The fourth-order valence-electron chi connectivity index (χ4n) is 6.37. The Hall–Kier alpha value is -3.16. The summed E-state index contributed by atoms with van der Waals surface area (Å²) in [7, 11) is 0. The standard InChI is InChI=1S/C32H36BrN5O/c1-23-7-5-8-24(2)31(23)36-17-19-37(20-18-36)32(39)25-9-6-16-35(21-25)22-30-34-28-10-3-4-11-29(28)38(30)27-14-12-26(33)13-15-27/h3-5,7-8,10-15,25H,6,9,16-22H2,1-2H3/t25-/m1/s1. The predicted molar refractivity (Wildman–Crippen MR) is 161 cm³/mol. The lowest BCUT2D eigenvalue weighted by Crippen LogP contribution is -2.52. The number of carbonyl (C=O) groups excluding carboxylic acids is 1. The molecule has 6 rings (SSSR count). The highest BCUT2D eigenvalue weighted by Crippen LogP contribution is 2.28. The first-order chi connectivity index (χ1) is 19.0. The van der Waals surface area contributed by atoms with Gasteiger partial charge < -0.3 is 9.80 Å². The molecule has 1 amide bonds. The maximum Gasteiger partial charge on any atom is 0.227 e. The van der Waals surface area contributed by atoms with Gasteiger partial charge in [0, 0.05) is 48.6 Å². The molecule has 7 heteroatoms. The van der Waals surface area contributed by atoms with Gasteiger partial charge in [-0.15, -0.1) is 0 Å². The van der Waals surface area contributed by atoms with Gasteiger partial charge in [-0.2, -0.15) is 0 Å². The number of imidazole rings is 1. The molecular formula is C32H36BrN5O. The van der Waals surface area contributed by atoms with Gasteiger partial charge in [0.05, 0.1) is 23.5 Å². The molecule has 3 heterocycles. The molecule has 1 aromatic heterocycles. The zero-order chi connectivity index (χ0) is 26.9. The van der Waals surface area contributed by atoms with Crippen LogP contribution in [0.4, 0.5) is 5.69 Å². The number of anilines is 1. The summed E-state index contributed by atoms with van der Waals surface area (Å²) in [6.07, 6.45) is 2.01. The van der Waals surface area contributed by atoms with Crippen molar-refractivity contribution < 1.29 is 4.79 Å². The summed E-state index contributed by atoms with van der Waals surface area (Å²) in [5, 5.41) is 0. The number of nitrogens with zero attached hydrogens (tertiary/aromatic N) is 5. The molecule has 0 N–H and O–H groups in total. The molecule has 6 nitrogen and oxygen atoms in total. The number of halogens is 1. The van der Waals surface area contributed by atoms with Gasteiger partial charge in [0.15, 0.2) is 0 Å². The van der Waals surface area contributed by atoms with E-state index in [0.29, 0.717) is 5.91 Å². The first-order valence-corrected chi connectivity index (χ1v) is 14.8. The topological polar surface area (TPSA) is 44.6 Å². The molecular weight excluding hydrogens is 550 g/mol. The van der Waals surface area contributed by atoms with E-state index in [2.05, 4.69) is 110 Å². The molecule has 0 unspecified atom stereocenters. The van der Waals surface area contributed by atoms with Gasteiger partial charge in [-0.1, -0.05) is 46.3 Å². The van der Waals surface area contributed by atoms with Gasteiger partial charge in [-0.3, -0.25) is 14.3 Å². The third-order valence-electron chi connectivity index (χ3n) is 8.28. The van der Waals surface area contributed by atoms with E-state index in [1.807, 2.05) is 6.07 Å². The first-order valence-electron chi connectivity index (χ1n) is 14.0. The largest absolute Gasteiger partial charge is 0.368 e. The smallest absolute Gasteiger partial charge is 0.227 e. The van der Waals surface area contributed by atoms with Gasteiger partial charge in [0.25, 0.3) is 0 Å². The second-order valence-electron chi connectivity index (χ2n) is 11.0. The molecule has 2 aliphatic rings. The Morgan fingerprint density at radius 1 is 0.897 bits per heavy atom. The second kappa shape index (κ2) is 11.1. The number of aryl methyl sites for hydroxylation is 2. The second-order valence-corrected chi connectivity index (χ2v) is 11.9. The number of aromatic nitrogens is 2. The molecule has 0 radical (unpaired) electrons. The fourth-order valence-corrected chi connectivity index (χ4v) is 6.64. The molecule has 0 saturated carbocycles. The van der Waals surface area contributed by atoms with E-state index in [4.69, 9.17) is 4.98 Å². The van der Waals surface area contributed by atoms with Crippen LogP contribution in [0.15, 0.2) is 71.2 Å². The van der Waals surface area contributed by atoms with Gasteiger partial charge in [0.1, 0.15) is 5.82 Å². The molecule has 39 heavy (non-hydrogen) atoms. The van der Waals surface area contributed by atoms with Crippen LogP contribution in [0.1, 0.15) is 29.8 Å². The number of likely N-dealkylation sites (tertiary alicyclic amines) is 1. The van der Waals surface area contributed by atoms with Crippen molar-refractivity contribution >= 4 is 38.6 Å². The number of carbonyl (C=O) groups is 1. The summed E-state index contributed by atoms with van der Waals surface area (Å²) in [6, 6.07) is 23.2. The van der Waals surface area contributed by atoms with E-state index in [1.165, 1.54) is 16.8 Å². The Morgan fingerprint density at radius 2 is 1.62 bits per heavy atom. The summed E-state index contributed by atoms with van der Waals surface area (Å²) in [5.41, 5.74) is 7.18. The van der Waals surface area contributed by atoms with Crippen LogP contribution in [-0.4, -0.2) is 64.5 Å². The maximum atomic E-state index is 13.6. The fraction of sp³-hybridized carbons (Fsp3) is 0.375. The molecule has 4 aromatic rings. The Balaban J connectivity index is 1.14. The van der Waals surface area contributed by atoms with E-state index >= 15 is 0 Å². The third kappa shape index (κ3) is 5.35. The molecule has 0 spiro atoms. The molecule has 0 aliphatic carbocycles. The van der Waals surface area contributed by atoms with E-state index in [9.17, 15) is 4.79 Å². The van der Waals surface area contributed by atoms with Crippen LogP contribution < -0.4 is 4.90 Å². The Morgan fingerprint density at radius 3 is 2.36 bits per heavy atom. The number of hydrogen-bond donors (Lipinski definition) is 0. The Bertz CT molecular complexity index is 1450. The summed E-state index contributed by atoms with van der Waals surface area (Å²) >= 11 is 3.56. The Kier molecular flexibility index (Phi) is 7.45. The van der Waals surface area contributed by atoms with Crippen LogP contribution >= 0.6 is 15.9 Å². The number of benzene rings is 3. The third-order valence-corrected chi connectivity index (χ3v) is 8.81. The lowest BCUT2D eigenvalue weighted by atomic mass is 9.96. The van der Waals surface area contributed by atoms with Crippen molar-refractivity contribution in [1.82, 2.24) is 19.4 Å². The number of rotatable bonds is 5. The predicted octanol–water partition coefficient (Wildman–Crippen LogP) is 5.97. The number of piperidine rings is 1. The minimum absolute atomic E-state index is 0.0519. The molecule has 1 atom stereocenters. The van der Waals surface area contributed by atoms with Crippen molar-refractivity contribution in [3.63, 3.8) is 0 Å². The normalized spacial score (nSPS) is 18.6. The summed E-state index contributed by atoms with van der Waals surface area (Å²) < 4.78 is 3.32. The Labute approximate surface area is 239 Å². The van der Waals surface area contributed by atoms with Gasteiger partial charge >= 0.3 is 0 Å². The summed E-state index contributed by atoms with van der Waals surface area (Å²) in [4.78, 5) is 25.7. The summed E-state index contributed by atoms with van der Waals surface area (Å²) in [6.45, 7) is 10.3. The molecule has 202 valence electrons. The van der Waals surface area contributed by atoms with Crippen molar-refractivity contribution in [3.8, 4) is 5.69 Å².